The fourth-order valence-electron chi connectivity index (χ4n) is 1.70. The molecule has 20 heavy (non-hydrogen) atoms. The first-order valence-corrected chi connectivity index (χ1v) is 6.08. The average Bonchev–Trinajstić information content (AvgIpc) is 2.87. The first-order chi connectivity index (χ1) is 9.32. The zero-order valence-electron chi connectivity index (χ0n) is 11.8. The van der Waals surface area contributed by atoms with Crippen LogP contribution in [0.15, 0.2) is 18.2 Å². The predicted molar refractivity (Wildman–Crippen MR) is 73.7 cm³/mol. The van der Waals surface area contributed by atoms with Gasteiger partial charge in [-0.1, -0.05) is 20.8 Å². The Morgan fingerprint density at radius 1 is 1.35 bits per heavy atom. The Morgan fingerprint density at radius 3 is 2.55 bits per heavy atom. The minimum atomic E-state index is -0.486. The molecule has 1 N–H and O–H groups in total. The predicted octanol–water partition coefficient (Wildman–Crippen LogP) is 2.69. The Balaban J connectivity index is 2.46. The van der Waals surface area contributed by atoms with E-state index in [-0.39, 0.29) is 16.9 Å². The maximum Gasteiger partial charge on any atom is 0.311 e. The number of aromatic amines is 1. The van der Waals surface area contributed by atoms with Crippen molar-refractivity contribution in [3.05, 3.63) is 34.1 Å². The summed E-state index contributed by atoms with van der Waals surface area (Å²) in [4.78, 5) is 14.9. The summed E-state index contributed by atoms with van der Waals surface area (Å²) >= 11 is 0. The molecule has 0 unspecified atom stereocenters. The average molecular weight is 276 g/mol. The van der Waals surface area contributed by atoms with Gasteiger partial charge in [-0.3, -0.25) is 15.2 Å². The quantitative estimate of drug-likeness (QED) is 0.687. The second-order valence-corrected chi connectivity index (χ2v) is 5.40. The molecule has 0 fully saturated rings. The van der Waals surface area contributed by atoms with E-state index in [0.717, 1.165) is 5.82 Å². The summed E-state index contributed by atoms with van der Waals surface area (Å²) in [5.74, 6) is 1.37. The van der Waals surface area contributed by atoms with E-state index < -0.39 is 4.92 Å². The molecule has 0 radical (unpaired) electrons. The molecule has 1 aromatic carbocycles. The number of methoxy groups -OCH3 is 1. The summed E-state index contributed by atoms with van der Waals surface area (Å²) in [6.07, 6.45) is 0. The SMILES string of the molecule is COc1ccc(-c2n[nH]c(C(C)(C)C)n2)cc1[N+](=O)[O-]. The molecular formula is C13H16N4O3. The molecule has 7 nitrogen and oxygen atoms in total. The molecule has 1 aromatic heterocycles. The first kappa shape index (κ1) is 14.0. The molecule has 0 saturated carbocycles. The van der Waals surface area contributed by atoms with E-state index in [0.29, 0.717) is 11.4 Å². The zero-order chi connectivity index (χ0) is 14.9. The van der Waals surface area contributed by atoms with Crippen molar-refractivity contribution in [2.24, 2.45) is 0 Å². The molecule has 2 aromatic rings. The van der Waals surface area contributed by atoms with Gasteiger partial charge in [0.1, 0.15) is 5.82 Å². The van der Waals surface area contributed by atoms with Gasteiger partial charge in [0.15, 0.2) is 11.6 Å². The maximum atomic E-state index is 11.0. The van der Waals surface area contributed by atoms with Crippen molar-refractivity contribution in [3.63, 3.8) is 0 Å². The molecule has 0 aliphatic carbocycles. The third-order valence-electron chi connectivity index (χ3n) is 2.83. The highest BCUT2D eigenvalue weighted by Gasteiger charge is 2.21. The lowest BCUT2D eigenvalue weighted by atomic mass is 9.96. The Morgan fingerprint density at radius 2 is 2.05 bits per heavy atom. The Labute approximate surface area is 116 Å². The third-order valence-corrected chi connectivity index (χ3v) is 2.83. The molecule has 0 spiro atoms. The minimum Gasteiger partial charge on any atom is -0.490 e. The normalized spacial score (nSPS) is 11.4. The van der Waals surface area contributed by atoms with Crippen LogP contribution >= 0.6 is 0 Å². The maximum absolute atomic E-state index is 11.0. The molecule has 0 atom stereocenters. The van der Waals surface area contributed by atoms with Gasteiger partial charge in [0.05, 0.1) is 12.0 Å². The molecule has 0 amide bonds. The second-order valence-electron chi connectivity index (χ2n) is 5.40. The summed E-state index contributed by atoms with van der Waals surface area (Å²) in [7, 11) is 1.40. The topological polar surface area (TPSA) is 93.9 Å². The van der Waals surface area contributed by atoms with Gasteiger partial charge in [0.25, 0.3) is 0 Å². The lowest BCUT2D eigenvalue weighted by Gasteiger charge is -2.12. The van der Waals surface area contributed by atoms with Crippen LogP contribution in [0.5, 0.6) is 5.75 Å². The number of hydrogen-bond donors (Lipinski definition) is 1. The molecule has 106 valence electrons. The second kappa shape index (κ2) is 4.92. The van der Waals surface area contributed by atoms with Crippen molar-refractivity contribution >= 4 is 5.69 Å². The van der Waals surface area contributed by atoms with Crippen LogP contribution in [0.25, 0.3) is 11.4 Å². The number of ether oxygens (including phenoxy) is 1. The van der Waals surface area contributed by atoms with Crippen LogP contribution in [-0.2, 0) is 5.41 Å². The van der Waals surface area contributed by atoms with Crippen LogP contribution in [0.4, 0.5) is 5.69 Å². The molecule has 7 heteroatoms. The molecule has 1 heterocycles. The van der Waals surface area contributed by atoms with E-state index in [1.165, 1.54) is 13.2 Å². The Hall–Kier alpha value is -2.44. The van der Waals surface area contributed by atoms with Crippen molar-refractivity contribution in [1.82, 2.24) is 15.2 Å². The minimum absolute atomic E-state index is 0.105. The van der Waals surface area contributed by atoms with Crippen LogP contribution in [-0.4, -0.2) is 27.2 Å². The lowest BCUT2D eigenvalue weighted by molar-refractivity contribution is -0.385. The number of benzene rings is 1. The van der Waals surface area contributed by atoms with E-state index in [4.69, 9.17) is 4.74 Å². The van der Waals surface area contributed by atoms with Gasteiger partial charge in [0, 0.05) is 17.0 Å². The van der Waals surface area contributed by atoms with Crippen LogP contribution < -0.4 is 4.74 Å². The van der Waals surface area contributed by atoms with Crippen molar-refractivity contribution < 1.29 is 9.66 Å². The van der Waals surface area contributed by atoms with Gasteiger partial charge >= 0.3 is 5.69 Å². The van der Waals surface area contributed by atoms with Crippen LogP contribution in [0, 0.1) is 10.1 Å². The summed E-state index contributed by atoms with van der Waals surface area (Å²) in [5, 5.41) is 18.0. The van der Waals surface area contributed by atoms with Gasteiger partial charge in [-0.15, -0.1) is 0 Å². The largest absolute Gasteiger partial charge is 0.490 e. The van der Waals surface area contributed by atoms with E-state index in [2.05, 4.69) is 15.2 Å². The van der Waals surface area contributed by atoms with Crippen molar-refractivity contribution in [2.75, 3.05) is 7.11 Å². The van der Waals surface area contributed by atoms with Crippen molar-refractivity contribution in [3.8, 4) is 17.1 Å². The number of nitrogens with one attached hydrogen (secondary N) is 1. The highest BCUT2D eigenvalue weighted by atomic mass is 16.6. The fraction of sp³-hybridized carbons (Fsp3) is 0.385. The van der Waals surface area contributed by atoms with E-state index in [9.17, 15) is 10.1 Å². The van der Waals surface area contributed by atoms with Crippen molar-refractivity contribution in [1.29, 1.82) is 0 Å². The first-order valence-electron chi connectivity index (χ1n) is 6.08. The van der Waals surface area contributed by atoms with Crippen LogP contribution in [0.3, 0.4) is 0 Å². The summed E-state index contributed by atoms with van der Waals surface area (Å²) in [6, 6.07) is 4.65. The molecule has 0 aliphatic rings. The number of nitro groups is 1. The van der Waals surface area contributed by atoms with E-state index >= 15 is 0 Å². The monoisotopic (exact) mass is 276 g/mol. The third kappa shape index (κ3) is 2.61. The summed E-state index contributed by atoms with van der Waals surface area (Å²) < 4.78 is 4.97. The number of aromatic nitrogens is 3. The van der Waals surface area contributed by atoms with Gasteiger partial charge in [-0.05, 0) is 12.1 Å². The highest BCUT2D eigenvalue weighted by molar-refractivity contribution is 5.63. The van der Waals surface area contributed by atoms with Gasteiger partial charge in [-0.25, -0.2) is 4.98 Å². The molecule has 2 rings (SSSR count). The lowest BCUT2D eigenvalue weighted by Crippen LogP contribution is -2.13. The number of H-pyrrole nitrogens is 1. The van der Waals surface area contributed by atoms with Gasteiger partial charge in [0.2, 0.25) is 0 Å². The van der Waals surface area contributed by atoms with Crippen LogP contribution in [0.1, 0.15) is 26.6 Å². The number of nitrogens with zero attached hydrogens (tertiary/aromatic N) is 3. The molecule has 0 aliphatic heterocycles. The number of hydrogen-bond acceptors (Lipinski definition) is 5. The Bertz CT molecular complexity index is 643. The molecular weight excluding hydrogens is 260 g/mol. The summed E-state index contributed by atoms with van der Waals surface area (Å²) in [5.41, 5.74) is 0.306. The van der Waals surface area contributed by atoms with E-state index in [1.54, 1.807) is 12.1 Å². The highest BCUT2D eigenvalue weighted by Crippen LogP contribution is 2.31. The standard InChI is InChI=1S/C13H16N4O3/c1-13(2,3)12-14-11(15-16-12)8-5-6-10(20-4)9(7-8)17(18)19/h5-7H,1-4H3,(H,14,15,16). The zero-order valence-corrected chi connectivity index (χ0v) is 11.8. The number of nitro benzene ring substituents is 1. The van der Waals surface area contributed by atoms with Gasteiger partial charge < -0.3 is 4.74 Å². The number of rotatable bonds is 3. The summed E-state index contributed by atoms with van der Waals surface area (Å²) in [6.45, 7) is 6.02. The Kier molecular flexibility index (Phi) is 3.44. The smallest absolute Gasteiger partial charge is 0.311 e. The van der Waals surface area contributed by atoms with Crippen LogP contribution in [0.2, 0.25) is 0 Å². The van der Waals surface area contributed by atoms with E-state index in [1.807, 2.05) is 20.8 Å². The molecule has 0 saturated heterocycles. The van der Waals surface area contributed by atoms with Gasteiger partial charge in [-0.2, -0.15) is 5.10 Å². The van der Waals surface area contributed by atoms with Crippen molar-refractivity contribution in [2.45, 2.75) is 26.2 Å². The fourth-order valence-corrected chi connectivity index (χ4v) is 1.70. The molecule has 0 bridgehead atoms.